The highest BCUT2D eigenvalue weighted by molar-refractivity contribution is 5.88. The lowest BCUT2D eigenvalue weighted by atomic mass is 10.0. The van der Waals surface area contributed by atoms with Gasteiger partial charge in [0.15, 0.2) is 0 Å². The van der Waals surface area contributed by atoms with Crippen LogP contribution in [-0.2, 0) is 22.2 Å². The number of halogens is 3. The molecule has 21 heavy (non-hydrogen) atoms. The number of amides is 2. The van der Waals surface area contributed by atoms with Gasteiger partial charge in [-0.05, 0) is 24.5 Å². The first-order valence-corrected chi connectivity index (χ1v) is 6.53. The second-order valence-electron chi connectivity index (χ2n) is 5.14. The molecule has 1 fully saturated rings. The second kappa shape index (κ2) is 5.75. The summed E-state index contributed by atoms with van der Waals surface area (Å²) in [6.07, 6.45) is -2.98. The Labute approximate surface area is 119 Å². The SMILES string of the molecule is NC(=O)[C@H](Cc1cccc(C(F)(F)F)c1)NC(=O)C1CC1. The Morgan fingerprint density at radius 1 is 1.33 bits per heavy atom. The Morgan fingerprint density at radius 3 is 2.52 bits per heavy atom. The first-order chi connectivity index (χ1) is 9.77. The van der Waals surface area contributed by atoms with E-state index in [-0.39, 0.29) is 18.2 Å². The fourth-order valence-corrected chi connectivity index (χ4v) is 1.97. The van der Waals surface area contributed by atoms with Gasteiger partial charge in [0.1, 0.15) is 6.04 Å². The third kappa shape index (κ3) is 4.21. The molecule has 1 aromatic carbocycles. The Bertz CT molecular complexity index is 553. The minimum Gasteiger partial charge on any atom is -0.368 e. The predicted octanol–water partition coefficient (Wildman–Crippen LogP) is 1.63. The van der Waals surface area contributed by atoms with Crippen LogP contribution in [0.15, 0.2) is 24.3 Å². The highest BCUT2D eigenvalue weighted by Gasteiger charge is 2.33. The molecule has 1 aromatic rings. The molecule has 0 spiro atoms. The van der Waals surface area contributed by atoms with Crippen LogP contribution in [0, 0.1) is 5.92 Å². The van der Waals surface area contributed by atoms with Crippen molar-refractivity contribution < 1.29 is 22.8 Å². The molecule has 2 amide bonds. The molecule has 4 nitrogen and oxygen atoms in total. The molecule has 1 saturated carbocycles. The maximum absolute atomic E-state index is 12.6. The summed E-state index contributed by atoms with van der Waals surface area (Å²) in [6, 6.07) is 3.64. The maximum atomic E-state index is 12.6. The normalized spacial score (nSPS) is 16.3. The lowest BCUT2D eigenvalue weighted by Crippen LogP contribution is -2.46. The third-order valence-electron chi connectivity index (χ3n) is 3.30. The molecule has 1 aliphatic carbocycles. The number of carbonyl (C=O) groups is 2. The standard InChI is InChI=1S/C14H15F3N2O2/c15-14(16,17)10-3-1-2-8(6-10)7-11(12(18)20)19-13(21)9-4-5-9/h1-3,6,9,11H,4-5,7H2,(H2,18,20)(H,19,21)/t11-/m0/s1. The van der Waals surface area contributed by atoms with Gasteiger partial charge in [0, 0.05) is 12.3 Å². The molecule has 0 aliphatic heterocycles. The van der Waals surface area contributed by atoms with Gasteiger partial charge in [0.2, 0.25) is 11.8 Å². The largest absolute Gasteiger partial charge is 0.416 e. The lowest BCUT2D eigenvalue weighted by molar-refractivity contribution is -0.137. The van der Waals surface area contributed by atoms with E-state index in [2.05, 4.69) is 5.32 Å². The molecule has 0 bridgehead atoms. The van der Waals surface area contributed by atoms with Crippen LogP contribution < -0.4 is 11.1 Å². The zero-order chi connectivity index (χ0) is 15.6. The van der Waals surface area contributed by atoms with Crippen LogP contribution in [0.3, 0.4) is 0 Å². The zero-order valence-corrected chi connectivity index (χ0v) is 11.1. The van der Waals surface area contributed by atoms with Gasteiger partial charge in [0.05, 0.1) is 5.56 Å². The van der Waals surface area contributed by atoms with E-state index >= 15 is 0 Å². The number of nitrogens with one attached hydrogen (secondary N) is 1. The van der Waals surface area contributed by atoms with Crippen molar-refractivity contribution in [2.75, 3.05) is 0 Å². The van der Waals surface area contributed by atoms with Gasteiger partial charge in [-0.15, -0.1) is 0 Å². The number of carbonyl (C=O) groups excluding carboxylic acids is 2. The number of nitrogens with two attached hydrogens (primary N) is 1. The molecule has 7 heteroatoms. The van der Waals surface area contributed by atoms with Crippen LogP contribution in [0.5, 0.6) is 0 Å². The lowest BCUT2D eigenvalue weighted by Gasteiger charge is -2.16. The minimum atomic E-state index is -4.45. The number of benzene rings is 1. The maximum Gasteiger partial charge on any atom is 0.416 e. The van der Waals surface area contributed by atoms with E-state index in [1.54, 1.807) is 0 Å². The minimum absolute atomic E-state index is 0.0578. The van der Waals surface area contributed by atoms with Gasteiger partial charge in [-0.2, -0.15) is 13.2 Å². The first kappa shape index (κ1) is 15.3. The fraction of sp³-hybridized carbons (Fsp3) is 0.429. The summed E-state index contributed by atoms with van der Waals surface area (Å²) < 4.78 is 37.9. The van der Waals surface area contributed by atoms with E-state index in [4.69, 9.17) is 5.73 Å². The van der Waals surface area contributed by atoms with Gasteiger partial charge >= 0.3 is 6.18 Å². The van der Waals surface area contributed by atoms with Gasteiger partial charge < -0.3 is 11.1 Å². The van der Waals surface area contributed by atoms with Crippen LogP contribution in [-0.4, -0.2) is 17.9 Å². The van der Waals surface area contributed by atoms with Gasteiger partial charge in [-0.25, -0.2) is 0 Å². The molecule has 2 rings (SSSR count). The Hall–Kier alpha value is -2.05. The van der Waals surface area contributed by atoms with Crippen LogP contribution in [0.4, 0.5) is 13.2 Å². The van der Waals surface area contributed by atoms with E-state index in [9.17, 15) is 22.8 Å². The molecule has 0 heterocycles. The summed E-state index contributed by atoms with van der Waals surface area (Å²) in [7, 11) is 0. The van der Waals surface area contributed by atoms with E-state index in [1.807, 2.05) is 0 Å². The molecule has 1 atom stereocenters. The highest BCUT2D eigenvalue weighted by atomic mass is 19.4. The van der Waals surface area contributed by atoms with Crippen molar-refractivity contribution in [2.45, 2.75) is 31.5 Å². The van der Waals surface area contributed by atoms with Crippen molar-refractivity contribution >= 4 is 11.8 Å². The van der Waals surface area contributed by atoms with E-state index in [0.29, 0.717) is 5.56 Å². The van der Waals surface area contributed by atoms with Crippen LogP contribution in [0.25, 0.3) is 0 Å². The number of hydrogen-bond acceptors (Lipinski definition) is 2. The van der Waals surface area contributed by atoms with Crippen molar-refractivity contribution in [3.63, 3.8) is 0 Å². The Kier molecular flexibility index (Phi) is 4.20. The topological polar surface area (TPSA) is 72.2 Å². The van der Waals surface area contributed by atoms with Crippen molar-refractivity contribution in [3.05, 3.63) is 35.4 Å². The molecule has 0 radical (unpaired) electrons. The summed E-state index contributed by atoms with van der Waals surface area (Å²) in [5, 5.41) is 2.49. The summed E-state index contributed by atoms with van der Waals surface area (Å²) in [6.45, 7) is 0. The predicted molar refractivity (Wildman–Crippen MR) is 69.0 cm³/mol. The summed E-state index contributed by atoms with van der Waals surface area (Å²) in [5.41, 5.74) is 4.70. The Balaban J connectivity index is 2.09. The Morgan fingerprint density at radius 2 is 2.00 bits per heavy atom. The average Bonchev–Trinajstić information content (AvgIpc) is 3.21. The molecular weight excluding hydrogens is 285 g/mol. The molecule has 0 unspecified atom stereocenters. The van der Waals surface area contributed by atoms with E-state index in [1.165, 1.54) is 12.1 Å². The molecule has 0 aromatic heterocycles. The van der Waals surface area contributed by atoms with Gasteiger partial charge in [0.25, 0.3) is 0 Å². The van der Waals surface area contributed by atoms with E-state index in [0.717, 1.165) is 25.0 Å². The van der Waals surface area contributed by atoms with Crippen molar-refractivity contribution in [3.8, 4) is 0 Å². The van der Waals surface area contributed by atoms with Crippen LogP contribution in [0.1, 0.15) is 24.0 Å². The number of rotatable bonds is 5. The quantitative estimate of drug-likeness (QED) is 0.867. The van der Waals surface area contributed by atoms with E-state index < -0.39 is 23.7 Å². The molecular formula is C14H15F3N2O2. The van der Waals surface area contributed by atoms with Crippen molar-refractivity contribution in [1.82, 2.24) is 5.32 Å². The summed E-state index contributed by atoms with van der Waals surface area (Å²) >= 11 is 0. The number of primary amides is 1. The number of hydrogen-bond donors (Lipinski definition) is 2. The fourth-order valence-electron chi connectivity index (χ4n) is 1.97. The van der Waals surface area contributed by atoms with Crippen LogP contribution >= 0.6 is 0 Å². The smallest absolute Gasteiger partial charge is 0.368 e. The zero-order valence-electron chi connectivity index (χ0n) is 11.1. The average molecular weight is 300 g/mol. The monoisotopic (exact) mass is 300 g/mol. The van der Waals surface area contributed by atoms with Gasteiger partial charge in [-0.3, -0.25) is 9.59 Å². The van der Waals surface area contributed by atoms with Crippen molar-refractivity contribution in [2.24, 2.45) is 11.7 Å². The van der Waals surface area contributed by atoms with Crippen LogP contribution in [0.2, 0.25) is 0 Å². The first-order valence-electron chi connectivity index (χ1n) is 6.53. The third-order valence-corrected chi connectivity index (χ3v) is 3.30. The molecule has 114 valence electrons. The second-order valence-corrected chi connectivity index (χ2v) is 5.14. The molecule has 3 N–H and O–H groups in total. The number of alkyl halides is 3. The highest BCUT2D eigenvalue weighted by Crippen LogP contribution is 2.30. The molecule has 1 aliphatic rings. The van der Waals surface area contributed by atoms with Crippen molar-refractivity contribution in [1.29, 1.82) is 0 Å². The molecule has 0 saturated heterocycles. The summed E-state index contributed by atoms with van der Waals surface area (Å²) in [5.74, 6) is -1.14. The van der Waals surface area contributed by atoms with Gasteiger partial charge in [-0.1, -0.05) is 18.2 Å². The summed E-state index contributed by atoms with van der Waals surface area (Å²) in [4.78, 5) is 23.0.